The first kappa shape index (κ1) is 13.9. The van der Waals surface area contributed by atoms with Gasteiger partial charge in [-0.25, -0.2) is 0 Å². The van der Waals surface area contributed by atoms with Crippen molar-refractivity contribution in [2.45, 2.75) is 59.7 Å². The van der Waals surface area contributed by atoms with E-state index >= 15 is 0 Å². The summed E-state index contributed by atoms with van der Waals surface area (Å²) < 4.78 is 5.81. The second-order valence-corrected chi connectivity index (χ2v) is 4.60. The van der Waals surface area contributed by atoms with Gasteiger partial charge in [-0.3, -0.25) is 0 Å². The minimum Gasteiger partial charge on any atom is -0.374 e. The molecule has 2 unspecified atom stereocenters. The van der Waals surface area contributed by atoms with Gasteiger partial charge >= 0.3 is 0 Å². The summed E-state index contributed by atoms with van der Waals surface area (Å²) in [6.07, 6.45) is 3.09. The van der Waals surface area contributed by atoms with Crippen LogP contribution < -0.4 is 5.32 Å². The Morgan fingerprint density at radius 1 is 1.00 bits per heavy atom. The first-order valence-corrected chi connectivity index (χ1v) is 5.92. The molecule has 0 radical (unpaired) electrons. The van der Waals surface area contributed by atoms with Crippen LogP contribution in [-0.2, 0) is 4.74 Å². The molecule has 2 atom stereocenters. The van der Waals surface area contributed by atoms with Gasteiger partial charge in [0.05, 0.1) is 12.2 Å². The standard InChI is InChI=1S/C12H27NO/c1-6-7-11(4)14-12(5)9-13-8-10(2)3/h10-13H,6-9H2,1-5H3. The van der Waals surface area contributed by atoms with E-state index in [1.54, 1.807) is 0 Å². The van der Waals surface area contributed by atoms with Gasteiger partial charge in [-0.05, 0) is 32.7 Å². The second-order valence-electron chi connectivity index (χ2n) is 4.60. The average Bonchev–Trinajstić information content (AvgIpc) is 2.03. The lowest BCUT2D eigenvalue weighted by atomic mass is 10.2. The minimum atomic E-state index is 0.329. The highest BCUT2D eigenvalue weighted by atomic mass is 16.5. The van der Waals surface area contributed by atoms with Crippen molar-refractivity contribution in [1.82, 2.24) is 5.32 Å². The Kier molecular flexibility index (Phi) is 8.20. The first-order valence-electron chi connectivity index (χ1n) is 5.92. The predicted molar refractivity (Wildman–Crippen MR) is 62.6 cm³/mol. The van der Waals surface area contributed by atoms with Crippen LogP contribution in [0.15, 0.2) is 0 Å². The summed E-state index contributed by atoms with van der Waals surface area (Å²) in [6.45, 7) is 13.0. The van der Waals surface area contributed by atoms with Crippen LogP contribution in [0.2, 0.25) is 0 Å². The van der Waals surface area contributed by atoms with E-state index in [1.165, 1.54) is 6.42 Å². The fourth-order valence-corrected chi connectivity index (χ4v) is 1.49. The molecule has 0 aromatic carbocycles. The maximum atomic E-state index is 5.81. The van der Waals surface area contributed by atoms with Crippen molar-refractivity contribution >= 4 is 0 Å². The second kappa shape index (κ2) is 8.25. The summed E-state index contributed by atoms with van der Waals surface area (Å²) in [5.74, 6) is 0.718. The molecule has 0 aliphatic carbocycles. The lowest BCUT2D eigenvalue weighted by Crippen LogP contribution is -2.31. The molecule has 0 saturated carbocycles. The molecular weight excluding hydrogens is 174 g/mol. The van der Waals surface area contributed by atoms with E-state index in [0.29, 0.717) is 12.2 Å². The molecule has 0 amide bonds. The number of hydrogen-bond donors (Lipinski definition) is 1. The smallest absolute Gasteiger partial charge is 0.0674 e. The Balaban J connectivity index is 3.39. The van der Waals surface area contributed by atoms with Crippen molar-refractivity contribution in [2.24, 2.45) is 5.92 Å². The monoisotopic (exact) mass is 201 g/mol. The summed E-state index contributed by atoms with van der Waals surface area (Å²) in [5, 5.41) is 3.41. The van der Waals surface area contributed by atoms with E-state index < -0.39 is 0 Å². The van der Waals surface area contributed by atoms with Crippen molar-refractivity contribution < 1.29 is 4.74 Å². The molecule has 0 spiro atoms. The Bertz CT molecular complexity index is 125. The predicted octanol–water partition coefficient (Wildman–Crippen LogP) is 2.83. The van der Waals surface area contributed by atoms with E-state index in [0.717, 1.165) is 25.4 Å². The fourth-order valence-electron chi connectivity index (χ4n) is 1.49. The summed E-state index contributed by atoms with van der Waals surface area (Å²) in [5.41, 5.74) is 0. The average molecular weight is 201 g/mol. The Hall–Kier alpha value is -0.0800. The van der Waals surface area contributed by atoms with Crippen molar-refractivity contribution in [3.05, 3.63) is 0 Å². The van der Waals surface area contributed by atoms with Gasteiger partial charge in [0.1, 0.15) is 0 Å². The Morgan fingerprint density at radius 3 is 2.14 bits per heavy atom. The molecule has 0 rings (SSSR count). The molecule has 0 aromatic heterocycles. The molecule has 0 heterocycles. The zero-order valence-electron chi connectivity index (χ0n) is 10.5. The number of rotatable bonds is 8. The third-order valence-corrected chi connectivity index (χ3v) is 2.14. The van der Waals surface area contributed by atoms with Gasteiger partial charge in [0.25, 0.3) is 0 Å². The summed E-state index contributed by atoms with van der Waals surface area (Å²) >= 11 is 0. The zero-order chi connectivity index (χ0) is 11.0. The quantitative estimate of drug-likeness (QED) is 0.652. The van der Waals surface area contributed by atoms with Crippen molar-refractivity contribution in [3.63, 3.8) is 0 Å². The number of hydrogen-bond acceptors (Lipinski definition) is 2. The van der Waals surface area contributed by atoms with Crippen LogP contribution in [0.25, 0.3) is 0 Å². The van der Waals surface area contributed by atoms with Crippen molar-refractivity contribution in [1.29, 1.82) is 0 Å². The summed E-state index contributed by atoms with van der Waals surface area (Å²) in [7, 11) is 0. The third-order valence-electron chi connectivity index (χ3n) is 2.14. The third kappa shape index (κ3) is 8.52. The van der Waals surface area contributed by atoms with Crippen LogP contribution in [0.3, 0.4) is 0 Å². The minimum absolute atomic E-state index is 0.329. The largest absolute Gasteiger partial charge is 0.374 e. The van der Waals surface area contributed by atoms with Gasteiger partial charge in [-0.1, -0.05) is 27.2 Å². The highest BCUT2D eigenvalue weighted by Gasteiger charge is 2.07. The molecule has 0 bridgehead atoms. The fraction of sp³-hybridized carbons (Fsp3) is 1.00. The van der Waals surface area contributed by atoms with Crippen LogP contribution in [-0.4, -0.2) is 25.3 Å². The SMILES string of the molecule is CCCC(C)OC(C)CNCC(C)C. The molecule has 0 saturated heterocycles. The van der Waals surface area contributed by atoms with Gasteiger partial charge in [0.15, 0.2) is 0 Å². The molecule has 2 nitrogen and oxygen atoms in total. The Labute approximate surface area is 89.4 Å². The van der Waals surface area contributed by atoms with Crippen LogP contribution >= 0.6 is 0 Å². The highest BCUT2D eigenvalue weighted by molar-refractivity contribution is 4.60. The van der Waals surface area contributed by atoms with Crippen LogP contribution in [0.5, 0.6) is 0 Å². The van der Waals surface area contributed by atoms with E-state index in [1.807, 2.05) is 0 Å². The normalized spacial score (nSPS) is 15.9. The summed E-state index contributed by atoms with van der Waals surface area (Å²) in [6, 6.07) is 0. The van der Waals surface area contributed by atoms with Gasteiger partial charge in [-0.15, -0.1) is 0 Å². The highest BCUT2D eigenvalue weighted by Crippen LogP contribution is 2.04. The van der Waals surface area contributed by atoms with Gasteiger partial charge in [0, 0.05) is 6.54 Å². The van der Waals surface area contributed by atoms with E-state index in [4.69, 9.17) is 4.74 Å². The summed E-state index contributed by atoms with van der Waals surface area (Å²) in [4.78, 5) is 0. The maximum Gasteiger partial charge on any atom is 0.0674 e. The van der Waals surface area contributed by atoms with Crippen LogP contribution in [0, 0.1) is 5.92 Å². The zero-order valence-corrected chi connectivity index (χ0v) is 10.5. The van der Waals surface area contributed by atoms with E-state index in [2.05, 4.69) is 39.9 Å². The molecule has 0 aliphatic heterocycles. The molecular formula is C12H27NO. The lowest BCUT2D eigenvalue weighted by Gasteiger charge is -2.19. The first-order chi connectivity index (χ1) is 6.56. The maximum absolute atomic E-state index is 5.81. The van der Waals surface area contributed by atoms with Gasteiger partial charge in [0.2, 0.25) is 0 Å². The molecule has 1 N–H and O–H groups in total. The van der Waals surface area contributed by atoms with Crippen LogP contribution in [0.1, 0.15) is 47.5 Å². The van der Waals surface area contributed by atoms with Crippen LogP contribution in [0.4, 0.5) is 0 Å². The lowest BCUT2D eigenvalue weighted by molar-refractivity contribution is 0.00444. The van der Waals surface area contributed by atoms with Crippen molar-refractivity contribution in [3.8, 4) is 0 Å². The number of ether oxygens (including phenoxy) is 1. The number of nitrogens with one attached hydrogen (secondary N) is 1. The topological polar surface area (TPSA) is 21.3 Å². The molecule has 0 aromatic rings. The van der Waals surface area contributed by atoms with Crippen molar-refractivity contribution in [2.75, 3.05) is 13.1 Å². The molecule has 0 fully saturated rings. The Morgan fingerprint density at radius 2 is 1.64 bits per heavy atom. The van der Waals surface area contributed by atoms with Gasteiger partial charge in [-0.2, -0.15) is 0 Å². The van der Waals surface area contributed by atoms with Gasteiger partial charge < -0.3 is 10.1 Å². The molecule has 2 heteroatoms. The molecule has 86 valence electrons. The van der Waals surface area contributed by atoms with E-state index in [-0.39, 0.29) is 0 Å². The molecule has 14 heavy (non-hydrogen) atoms. The molecule has 0 aliphatic rings. The van der Waals surface area contributed by atoms with E-state index in [9.17, 15) is 0 Å².